The zero-order valence-corrected chi connectivity index (χ0v) is 17.3. The maximum Gasteiger partial charge on any atom is 0.334 e. The second-order valence-corrected chi connectivity index (χ2v) is 8.39. The summed E-state index contributed by atoms with van der Waals surface area (Å²) in [6, 6.07) is 0. The minimum absolute atomic E-state index is 0.0880. The Hall–Kier alpha value is -1.74. The first-order valence-corrected chi connectivity index (χ1v) is 9.96. The van der Waals surface area contributed by atoms with Crippen LogP contribution in [-0.4, -0.2) is 65.6 Å². The second-order valence-electron chi connectivity index (χ2n) is 8.39. The van der Waals surface area contributed by atoms with Crippen LogP contribution in [0.1, 0.15) is 40.0 Å². The fourth-order valence-corrected chi connectivity index (χ4v) is 4.42. The van der Waals surface area contributed by atoms with E-state index in [0.29, 0.717) is 6.42 Å². The van der Waals surface area contributed by atoms with Gasteiger partial charge in [0.1, 0.15) is 12.2 Å². The molecule has 162 valence electrons. The van der Waals surface area contributed by atoms with Gasteiger partial charge in [0.25, 0.3) is 0 Å². The molecule has 7 atom stereocenters. The van der Waals surface area contributed by atoms with E-state index in [0.717, 1.165) is 0 Å². The van der Waals surface area contributed by atoms with E-state index < -0.39 is 48.2 Å². The van der Waals surface area contributed by atoms with Gasteiger partial charge >= 0.3 is 11.9 Å². The van der Waals surface area contributed by atoms with Gasteiger partial charge in [0.2, 0.25) is 0 Å². The van der Waals surface area contributed by atoms with Gasteiger partial charge in [0.15, 0.2) is 5.79 Å². The Kier molecular flexibility index (Phi) is 5.93. The van der Waals surface area contributed by atoms with Crippen LogP contribution in [0.25, 0.3) is 0 Å². The highest BCUT2D eigenvalue weighted by atomic mass is 16.7. The number of hydrogen-bond acceptors (Lipinski definition) is 8. The molecule has 8 nitrogen and oxygen atoms in total. The highest BCUT2D eigenvalue weighted by Gasteiger charge is 2.59. The predicted molar refractivity (Wildman–Crippen MR) is 101 cm³/mol. The summed E-state index contributed by atoms with van der Waals surface area (Å²) in [5.74, 6) is -3.73. The Morgan fingerprint density at radius 2 is 2.14 bits per heavy atom. The van der Waals surface area contributed by atoms with Gasteiger partial charge in [-0.25, -0.2) is 4.79 Å². The molecule has 0 amide bonds. The minimum Gasteiger partial charge on any atom is -0.461 e. The first-order valence-electron chi connectivity index (χ1n) is 9.96. The number of rotatable bonds is 5. The van der Waals surface area contributed by atoms with Gasteiger partial charge in [-0.3, -0.25) is 4.79 Å². The lowest BCUT2D eigenvalue weighted by molar-refractivity contribution is -0.212. The van der Waals surface area contributed by atoms with E-state index in [1.54, 1.807) is 13.8 Å². The third-order valence-electron chi connectivity index (χ3n) is 6.42. The standard InChI is InChI=1S/C21H30O8/c1-6-11(2)18(23)28-15-8-20(4)16(26-5)9-21(25,29-20)13(10-22)7-14-17(15)12(3)19(24)27-14/h7,11,14-17,22,25H,3,6,8-10H2,1-2,4-5H3/b13-7-/t11-,14+,15-,16-,17+,20+,21+/m1/s1. The largest absolute Gasteiger partial charge is 0.461 e. The molecule has 0 saturated carbocycles. The maximum absolute atomic E-state index is 12.6. The number of aliphatic hydroxyl groups is 2. The van der Waals surface area contributed by atoms with E-state index in [1.807, 2.05) is 6.92 Å². The van der Waals surface area contributed by atoms with Crippen LogP contribution in [-0.2, 0) is 28.5 Å². The number of methoxy groups -OCH3 is 1. The summed E-state index contributed by atoms with van der Waals surface area (Å²) in [6.07, 6.45) is 0.218. The summed E-state index contributed by atoms with van der Waals surface area (Å²) in [4.78, 5) is 24.8. The van der Waals surface area contributed by atoms with Crippen molar-refractivity contribution < 1.29 is 38.7 Å². The van der Waals surface area contributed by atoms with Gasteiger partial charge in [0.05, 0.1) is 30.1 Å². The van der Waals surface area contributed by atoms with Gasteiger partial charge in [-0.1, -0.05) is 20.4 Å². The van der Waals surface area contributed by atoms with Crippen molar-refractivity contribution in [2.45, 2.75) is 69.7 Å². The summed E-state index contributed by atoms with van der Waals surface area (Å²) in [5.41, 5.74) is -0.665. The van der Waals surface area contributed by atoms with Crippen LogP contribution in [0.4, 0.5) is 0 Å². The Labute approximate surface area is 170 Å². The van der Waals surface area contributed by atoms with E-state index in [9.17, 15) is 19.8 Å². The molecular weight excluding hydrogens is 380 g/mol. The highest BCUT2D eigenvalue weighted by Crippen LogP contribution is 2.48. The molecule has 0 unspecified atom stereocenters. The Balaban J connectivity index is 2.08. The molecule has 29 heavy (non-hydrogen) atoms. The lowest BCUT2D eigenvalue weighted by atomic mass is 9.80. The van der Waals surface area contributed by atoms with Crippen LogP contribution in [0.3, 0.4) is 0 Å². The molecule has 0 spiro atoms. The third-order valence-corrected chi connectivity index (χ3v) is 6.42. The van der Waals surface area contributed by atoms with Crippen LogP contribution in [0.2, 0.25) is 0 Å². The molecule has 0 aromatic rings. The highest BCUT2D eigenvalue weighted by molar-refractivity contribution is 5.91. The van der Waals surface area contributed by atoms with Crippen molar-refractivity contribution in [2.24, 2.45) is 11.8 Å². The summed E-state index contributed by atoms with van der Waals surface area (Å²) < 4.78 is 22.9. The summed E-state index contributed by atoms with van der Waals surface area (Å²) in [5, 5.41) is 21.0. The molecule has 2 bridgehead atoms. The maximum atomic E-state index is 12.6. The van der Waals surface area contributed by atoms with Gasteiger partial charge in [-0.05, 0) is 19.4 Å². The molecule has 8 heteroatoms. The SMILES string of the molecule is C=C1C(=O)O[C@H]2/C=C(/CO)[C@]3(O)C[C@@H](OC)[C@](C)(C[C@@H](OC(=O)[C@H](C)CC)[C@@H]12)O3. The number of carbonyl (C=O) groups is 2. The molecule has 0 aromatic carbocycles. The van der Waals surface area contributed by atoms with Gasteiger partial charge in [-0.2, -0.15) is 0 Å². The van der Waals surface area contributed by atoms with Gasteiger partial charge < -0.3 is 29.2 Å². The molecule has 2 N–H and O–H groups in total. The van der Waals surface area contributed by atoms with Gasteiger partial charge in [0, 0.05) is 31.1 Å². The van der Waals surface area contributed by atoms with Crippen LogP contribution in [0, 0.1) is 11.8 Å². The van der Waals surface area contributed by atoms with Crippen LogP contribution >= 0.6 is 0 Å². The molecule has 2 saturated heterocycles. The van der Waals surface area contributed by atoms with Gasteiger partial charge in [-0.15, -0.1) is 0 Å². The summed E-state index contributed by atoms with van der Waals surface area (Å²) in [6.45, 7) is 8.77. The number of fused-ring (bicyclic) bond motifs is 3. The Bertz CT molecular complexity index is 730. The van der Waals surface area contributed by atoms with E-state index in [4.69, 9.17) is 18.9 Å². The molecule has 3 aliphatic rings. The van der Waals surface area contributed by atoms with Crippen LogP contribution in [0.5, 0.6) is 0 Å². The monoisotopic (exact) mass is 410 g/mol. The molecular formula is C21H30O8. The van der Waals surface area contributed by atoms with Crippen LogP contribution in [0.15, 0.2) is 23.8 Å². The molecule has 0 aromatic heterocycles. The number of hydrogen-bond donors (Lipinski definition) is 2. The fraction of sp³-hybridized carbons (Fsp3) is 0.714. The van der Waals surface area contributed by atoms with Crippen LogP contribution < -0.4 is 0 Å². The topological polar surface area (TPSA) is 112 Å². The van der Waals surface area contributed by atoms with E-state index in [2.05, 4.69) is 6.58 Å². The average molecular weight is 410 g/mol. The van der Waals surface area contributed by atoms with Crippen molar-refractivity contribution >= 4 is 11.9 Å². The molecule has 3 rings (SSSR count). The molecule has 3 heterocycles. The van der Waals surface area contributed by atoms with E-state index in [-0.39, 0.29) is 35.9 Å². The lowest BCUT2D eigenvalue weighted by Crippen LogP contribution is -2.45. The number of ether oxygens (including phenoxy) is 4. The minimum atomic E-state index is -1.78. The van der Waals surface area contributed by atoms with Crippen molar-refractivity contribution in [1.82, 2.24) is 0 Å². The lowest BCUT2D eigenvalue weighted by Gasteiger charge is -2.35. The summed E-state index contributed by atoms with van der Waals surface area (Å²) in [7, 11) is 1.51. The fourth-order valence-electron chi connectivity index (χ4n) is 4.42. The van der Waals surface area contributed by atoms with E-state index in [1.165, 1.54) is 13.2 Å². The normalized spacial score (nSPS) is 42.1. The first kappa shape index (κ1) is 22.0. The Morgan fingerprint density at radius 3 is 2.72 bits per heavy atom. The van der Waals surface area contributed by atoms with E-state index >= 15 is 0 Å². The molecule has 0 radical (unpaired) electrons. The zero-order valence-electron chi connectivity index (χ0n) is 17.3. The zero-order chi connectivity index (χ0) is 21.6. The number of aliphatic hydroxyl groups excluding tert-OH is 1. The molecule has 3 aliphatic heterocycles. The van der Waals surface area contributed by atoms with Crippen molar-refractivity contribution in [3.05, 3.63) is 23.8 Å². The number of carbonyl (C=O) groups excluding carboxylic acids is 2. The Morgan fingerprint density at radius 1 is 1.45 bits per heavy atom. The molecule has 2 fully saturated rings. The quantitative estimate of drug-likeness (QED) is 0.396. The smallest absolute Gasteiger partial charge is 0.334 e. The second kappa shape index (κ2) is 7.83. The molecule has 0 aliphatic carbocycles. The first-order chi connectivity index (χ1) is 13.6. The number of esters is 2. The average Bonchev–Trinajstić information content (AvgIpc) is 3.11. The van der Waals surface area contributed by atoms with Crippen molar-refractivity contribution in [1.29, 1.82) is 0 Å². The predicted octanol–water partition coefficient (Wildman–Crippen LogP) is 1.25. The third kappa shape index (κ3) is 3.74. The van der Waals surface area contributed by atoms with Crippen molar-refractivity contribution in [2.75, 3.05) is 13.7 Å². The summed E-state index contributed by atoms with van der Waals surface area (Å²) >= 11 is 0. The van der Waals surface area contributed by atoms with Crippen molar-refractivity contribution in [3.8, 4) is 0 Å². The van der Waals surface area contributed by atoms with Crippen molar-refractivity contribution in [3.63, 3.8) is 0 Å².